The average Bonchev–Trinajstić information content (AvgIpc) is 2.57. The summed E-state index contributed by atoms with van der Waals surface area (Å²) < 4.78 is 0.0533. The third-order valence-corrected chi connectivity index (χ3v) is 9.92. The number of hydrogen-bond donors (Lipinski definition) is 3. The van der Waals surface area contributed by atoms with Crippen LogP contribution in [0, 0.1) is 16.7 Å². The minimum atomic E-state index is 0.0533. The molecule has 0 heterocycles. The van der Waals surface area contributed by atoms with Crippen LogP contribution in [0.2, 0.25) is 0 Å². The van der Waals surface area contributed by atoms with Crippen molar-refractivity contribution in [1.29, 1.82) is 0 Å². The molecule has 0 saturated heterocycles. The molecule has 0 N–H and O–H groups in total. The van der Waals surface area contributed by atoms with Crippen molar-refractivity contribution in [2.75, 3.05) is 0 Å². The highest BCUT2D eigenvalue weighted by molar-refractivity contribution is 7.87. The van der Waals surface area contributed by atoms with Gasteiger partial charge in [-0.2, -0.15) is 37.9 Å². The van der Waals surface area contributed by atoms with Gasteiger partial charge in [-0.3, -0.25) is 0 Å². The van der Waals surface area contributed by atoms with E-state index in [9.17, 15) is 0 Å². The molecule has 0 aliphatic heterocycles. The van der Waals surface area contributed by atoms with Crippen LogP contribution in [0.4, 0.5) is 0 Å². The molecule has 0 nitrogen and oxygen atoms in total. The van der Waals surface area contributed by atoms with Crippen molar-refractivity contribution < 1.29 is 0 Å². The van der Waals surface area contributed by atoms with E-state index < -0.39 is 0 Å². The van der Waals surface area contributed by atoms with E-state index in [4.69, 9.17) is 37.9 Å². The Hall–Kier alpha value is 1.05. The molecular formula is C19H36S3. The predicted octanol–water partition coefficient (Wildman–Crippen LogP) is 6.46. The van der Waals surface area contributed by atoms with E-state index in [1.54, 1.807) is 0 Å². The number of rotatable bonds is 5. The van der Waals surface area contributed by atoms with Crippen molar-refractivity contribution in [3.63, 3.8) is 0 Å². The first kappa shape index (κ1) is 19.4. The summed E-state index contributed by atoms with van der Waals surface area (Å²) in [5.41, 5.74) is 0.788. The molecule has 0 radical (unpaired) electrons. The van der Waals surface area contributed by atoms with Gasteiger partial charge in [-0.1, -0.05) is 53.4 Å². The van der Waals surface area contributed by atoms with Crippen molar-refractivity contribution in [3.05, 3.63) is 0 Å². The van der Waals surface area contributed by atoms with Crippen molar-refractivity contribution in [2.24, 2.45) is 16.7 Å². The average molecular weight is 361 g/mol. The summed E-state index contributed by atoms with van der Waals surface area (Å²) in [5.74, 6) is 0.680. The molecule has 0 aromatic heterocycles. The Labute approximate surface area is 155 Å². The van der Waals surface area contributed by atoms with Crippen LogP contribution in [-0.2, 0) is 0 Å². The summed E-state index contributed by atoms with van der Waals surface area (Å²) in [6, 6.07) is 0. The fourth-order valence-electron chi connectivity index (χ4n) is 5.64. The second kappa shape index (κ2) is 7.12. The molecule has 3 heteroatoms. The van der Waals surface area contributed by atoms with Crippen molar-refractivity contribution in [1.82, 2.24) is 0 Å². The van der Waals surface area contributed by atoms with E-state index >= 15 is 0 Å². The Balaban J connectivity index is 2.35. The van der Waals surface area contributed by atoms with Crippen LogP contribution in [0.3, 0.4) is 0 Å². The predicted molar refractivity (Wildman–Crippen MR) is 110 cm³/mol. The summed E-state index contributed by atoms with van der Waals surface area (Å²) in [4.78, 5) is 0. The van der Waals surface area contributed by atoms with Crippen molar-refractivity contribution >= 4 is 37.9 Å². The molecule has 2 aliphatic rings. The van der Waals surface area contributed by atoms with Gasteiger partial charge in [-0.25, -0.2) is 0 Å². The lowest BCUT2D eigenvalue weighted by Gasteiger charge is -2.45. The molecule has 6 atom stereocenters. The molecule has 2 aliphatic carbocycles. The van der Waals surface area contributed by atoms with Gasteiger partial charge in [0.15, 0.2) is 0 Å². The second-order valence-corrected chi connectivity index (χ2v) is 10.5. The van der Waals surface area contributed by atoms with E-state index in [1.165, 1.54) is 57.8 Å². The summed E-state index contributed by atoms with van der Waals surface area (Å²) in [7, 11) is 0. The Morgan fingerprint density at radius 2 is 1.73 bits per heavy atom. The van der Waals surface area contributed by atoms with Gasteiger partial charge < -0.3 is 0 Å². The third-order valence-electron chi connectivity index (χ3n) is 7.36. The minimum absolute atomic E-state index is 0.0533. The summed E-state index contributed by atoms with van der Waals surface area (Å²) >= 11 is 15.2. The Kier molecular flexibility index (Phi) is 6.27. The zero-order valence-corrected chi connectivity index (χ0v) is 17.6. The van der Waals surface area contributed by atoms with E-state index in [0.717, 1.165) is 0 Å². The molecule has 2 saturated carbocycles. The van der Waals surface area contributed by atoms with Crippen LogP contribution in [0.15, 0.2) is 0 Å². The Bertz CT molecular complexity index is 385. The first-order valence-corrected chi connectivity index (χ1v) is 10.8. The number of thiol groups is 3. The fourth-order valence-corrected chi connectivity index (χ4v) is 7.57. The molecule has 22 heavy (non-hydrogen) atoms. The summed E-state index contributed by atoms with van der Waals surface area (Å²) in [6.07, 6.45) is 11.7. The molecule has 0 bridgehead atoms. The highest BCUT2D eigenvalue weighted by atomic mass is 32.1. The summed E-state index contributed by atoms with van der Waals surface area (Å²) in [5, 5.41) is 0.704. The van der Waals surface area contributed by atoms with E-state index in [0.29, 0.717) is 27.2 Å². The largest absolute Gasteiger partial charge is 0.175 e. The molecule has 2 fully saturated rings. The Morgan fingerprint density at radius 1 is 1.05 bits per heavy atom. The SMILES string of the molecule is CCCCC[C@@]1(C)C[C@@]2(S)C(S)C(S)CCCC2C1(C)CC. The summed E-state index contributed by atoms with van der Waals surface area (Å²) in [6.45, 7) is 9.80. The van der Waals surface area contributed by atoms with E-state index in [1.807, 2.05) is 0 Å². The molecule has 130 valence electrons. The van der Waals surface area contributed by atoms with Crippen LogP contribution >= 0.6 is 37.9 Å². The van der Waals surface area contributed by atoms with Gasteiger partial charge in [0.25, 0.3) is 0 Å². The quantitative estimate of drug-likeness (QED) is 0.364. The number of hydrogen-bond acceptors (Lipinski definition) is 3. The Morgan fingerprint density at radius 3 is 2.32 bits per heavy atom. The highest BCUT2D eigenvalue weighted by Crippen LogP contribution is 2.69. The molecule has 0 spiro atoms. The van der Waals surface area contributed by atoms with Crippen molar-refractivity contribution in [3.8, 4) is 0 Å². The van der Waals surface area contributed by atoms with Crippen LogP contribution in [-0.4, -0.2) is 15.2 Å². The lowest BCUT2D eigenvalue weighted by atomic mass is 9.60. The van der Waals surface area contributed by atoms with Gasteiger partial charge >= 0.3 is 0 Å². The van der Waals surface area contributed by atoms with Gasteiger partial charge in [0, 0.05) is 15.2 Å². The molecule has 0 aromatic carbocycles. The zero-order valence-electron chi connectivity index (χ0n) is 14.9. The van der Waals surface area contributed by atoms with E-state index in [-0.39, 0.29) is 4.75 Å². The second-order valence-electron chi connectivity index (χ2n) is 8.45. The lowest BCUT2D eigenvalue weighted by Crippen LogP contribution is -2.44. The molecule has 2 rings (SSSR count). The molecule has 0 amide bonds. The van der Waals surface area contributed by atoms with Gasteiger partial charge in [0.2, 0.25) is 0 Å². The van der Waals surface area contributed by atoms with Crippen LogP contribution in [0.5, 0.6) is 0 Å². The van der Waals surface area contributed by atoms with Gasteiger partial charge in [0.1, 0.15) is 0 Å². The molecular weight excluding hydrogens is 324 g/mol. The lowest BCUT2D eigenvalue weighted by molar-refractivity contribution is 0.0458. The first-order chi connectivity index (χ1) is 10.2. The zero-order chi connectivity index (χ0) is 16.6. The van der Waals surface area contributed by atoms with Gasteiger partial charge in [0.05, 0.1) is 0 Å². The van der Waals surface area contributed by atoms with E-state index in [2.05, 4.69) is 27.7 Å². The minimum Gasteiger partial charge on any atom is -0.175 e. The van der Waals surface area contributed by atoms with Crippen molar-refractivity contribution in [2.45, 2.75) is 101 Å². The maximum atomic E-state index is 5.33. The van der Waals surface area contributed by atoms with Crippen LogP contribution < -0.4 is 0 Å². The fraction of sp³-hybridized carbons (Fsp3) is 1.00. The standard InChI is InChI=1S/C19H36S3/c1-5-7-8-12-17(3)13-19(22)15(18(17,4)6-2)11-9-10-14(20)16(19)21/h14-16,20-22H,5-13H2,1-4H3/t14?,15?,16?,17-,18?,19-/m0/s1. The van der Waals surface area contributed by atoms with Crippen LogP contribution in [0.1, 0.15) is 85.5 Å². The first-order valence-electron chi connectivity index (χ1n) is 9.33. The van der Waals surface area contributed by atoms with Gasteiger partial charge in [-0.15, -0.1) is 0 Å². The monoisotopic (exact) mass is 360 g/mol. The molecule has 0 aromatic rings. The molecule has 4 unspecified atom stereocenters. The number of fused-ring (bicyclic) bond motifs is 1. The normalized spacial score (nSPS) is 49.0. The number of unbranched alkanes of at least 4 members (excludes halogenated alkanes) is 2. The maximum Gasteiger partial charge on any atom is 0.0295 e. The maximum absolute atomic E-state index is 5.33. The van der Waals surface area contributed by atoms with Crippen LogP contribution in [0.25, 0.3) is 0 Å². The smallest absolute Gasteiger partial charge is 0.0295 e. The third kappa shape index (κ3) is 3.01. The highest BCUT2D eigenvalue weighted by Gasteiger charge is 2.65. The van der Waals surface area contributed by atoms with Gasteiger partial charge in [-0.05, 0) is 48.9 Å². The topological polar surface area (TPSA) is 0 Å².